The first-order valence-electron chi connectivity index (χ1n) is 11.7. The highest BCUT2D eigenvalue weighted by molar-refractivity contribution is 6.33. The Hall–Kier alpha value is -3.24. The van der Waals surface area contributed by atoms with Crippen LogP contribution in [-0.4, -0.2) is 60.9 Å². The number of anilines is 1. The largest absolute Gasteiger partial charge is 0.394 e. The molecule has 0 atom stereocenters. The average Bonchev–Trinajstić information content (AvgIpc) is 2.88. The fraction of sp³-hybridized carbons (Fsp3) is 0.280. The van der Waals surface area contributed by atoms with Crippen LogP contribution >= 0.6 is 23.2 Å². The first kappa shape index (κ1) is 25.8. The summed E-state index contributed by atoms with van der Waals surface area (Å²) in [5.41, 5.74) is 12.9. The molecule has 2 aliphatic heterocycles. The predicted molar refractivity (Wildman–Crippen MR) is 141 cm³/mol. The van der Waals surface area contributed by atoms with E-state index in [1.807, 2.05) is 15.9 Å². The van der Waals surface area contributed by atoms with Crippen LogP contribution in [0.15, 0.2) is 65.8 Å². The zero-order valence-electron chi connectivity index (χ0n) is 19.8. The fourth-order valence-electron chi connectivity index (χ4n) is 4.12. The lowest BCUT2D eigenvalue weighted by Gasteiger charge is -2.30. The number of benzene rings is 2. The van der Waals surface area contributed by atoms with Gasteiger partial charge in [-0.2, -0.15) is 0 Å². The van der Waals surface area contributed by atoms with Gasteiger partial charge in [0.15, 0.2) is 0 Å². The standard InChI is InChI=1S/C25H29Cl2N7O2/c26-18-3-6-20(27)17(13-18)15-34-12-9-31-23(29)22(34)14-21(28)24(35)32-19-4-1-16(2-5-19)25(36)33-10-7-30-8-11-33/h1-6,13-14,30-31H,7-12,15,28-29H2,(H,32,35)/p+1/b21-14-. The first-order valence-corrected chi connectivity index (χ1v) is 12.4. The van der Waals surface area contributed by atoms with E-state index in [0.29, 0.717) is 65.5 Å². The summed E-state index contributed by atoms with van der Waals surface area (Å²) in [6.45, 7) is 4.79. The Morgan fingerprint density at radius 2 is 1.78 bits per heavy atom. The number of allylic oxidation sites excluding steroid dienone is 1. The van der Waals surface area contributed by atoms with Gasteiger partial charge in [-0.05, 0) is 54.1 Å². The SMILES string of the molecule is N/C(=C\C1=C([NH3+])NCCN1Cc1cc(Cl)ccc1Cl)C(=O)Nc1ccc(C(=O)N2CCNCC2)cc1. The van der Waals surface area contributed by atoms with Gasteiger partial charge in [0.05, 0.1) is 0 Å². The van der Waals surface area contributed by atoms with Gasteiger partial charge in [0.25, 0.3) is 11.8 Å². The molecule has 0 aliphatic carbocycles. The van der Waals surface area contributed by atoms with Crippen molar-refractivity contribution in [3.63, 3.8) is 0 Å². The molecule has 2 aliphatic rings. The Kier molecular flexibility index (Phi) is 8.37. The van der Waals surface area contributed by atoms with Crippen LogP contribution in [0, 0.1) is 0 Å². The van der Waals surface area contributed by atoms with Crippen molar-refractivity contribution in [2.75, 3.05) is 44.6 Å². The fourth-order valence-corrected chi connectivity index (χ4v) is 4.49. The zero-order valence-corrected chi connectivity index (χ0v) is 21.3. The first-order chi connectivity index (χ1) is 17.3. The Balaban J connectivity index is 1.44. The second-order valence-electron chi connectivity index (χ2n) is 8.62. The minimum absolute atomic E-state index is 0.0200. The van der Waals surface area contributed by atoms with Crippen LogP contribution in [-0.2, 0) is 11.3 Å². The molecule has 2 amide bonds. The van der Waals surface area contributed by atoms with Crippen LogP contribution in [0.2, 0.25) is 10.0 Å². The summed E-state index contributed by atoms with van der Waals surface area (Å²) in [4.78, 5) is 29.3. The number of carbonyl (C=O) groups is 2. The summed E-state index contributed by atoms with van der Waals surface area (Å²) in [6.07, 6.45) is 1.60. The van der Waals surface area contributed by atoms with Gasteiger partial charge in [0.1, 0.15) is 11.4 Å². The summed E-state index contributed by atoms with van der Waals surface area (Å²) >= 11 is 12.5. The van der Waals surface area contributed by atoms with Crippen molar-refractivity contribution in [2.24, 2.45) is 5.73 Å². The molecule has 0 bridgehead atoms. The van der Waals surface area contributed by atoms with Crippen molar-refractivity contribution in [2.45, 2.75) is 6.54 Å². The number of carbonyl (C=O) groups excluding carboxylic acids is 2. The van der Waals surface area contributed by atoms with Gasteiger partial charge in [-0.3, -0.25) is 9.59 Å². The van der Waals surface area contributed by atoms with E-state index in [1.54, 1.807) is 42.5 Å². The minimum Gasteiger partial charge on any atom is -0.394 e. The number of nitrogens with two attached hydrogens (primary N) is 1. The lowest BCUT2D eigenvalue weighted by Crippen LogP contribution is -2.59. The lowest BCUT2D eigenvalue weighted by atomic mass is 10.1. The monoisotopic (exact) mass is 530 g/mol. The molecule has 0 aromatic heterocycles. The Morgan fingerprint density at radius 3 is 2.50 bits per heavy atom. The molecule has 190 valence electrons. The van der Waals surface area contributed by atoms with Gasteiger partial charge < -0.3 is 37.2 Å². The molecule has 1 saturated heterocycles. The van der Waals surface area contributed by atoms with Crippen molar-refractivity contribution in [1.82, 2.24) is 20.4 Å². The number of hydrogen-bond acceptors (Lipinski definition) is 6. The number of nitrogens with one attached hydrogen (secondary N) is 3. The van der Waals surface area contributed by atoms with Crippen LogP contribution < -0.4 is 27.4 Å². The van der Waals surface area contributed by atoms with Crippen LogP contribution in [0.25, 0.3) is 0 Å². The third kappa shape index (κ3) is 6.30. The molecular formula is C25H30Cl2N7O2+. The molecule has 2 aromatic carbocycles. The molecule has 9 nitrogen and oxygen atoms in total. The van der Waals surface area contributed by atoms with Crippen molar-refractivity contribution < 1.29 is 15.3 Å². The smallest absolute Gasteiger partial charge is 0.271 e. The van der Waals surface area contributed by atoms with Gasteiger partial charge >= 0.3 is 0 Å². The van der Waals surface area contributed by atoms with Gasteiger partial charge in [-0.15, -0.1) is 0 Å². The number of amides is 2. The Morgan fingerprint density at radius 1 is 1.06 bits per heavy atom. The molecule has 2 heterocycles. The molecule has 0 radical (unpaired) electrons. The van der Waals surface area contributed by atoms with Crippen LogP contribution in [0.3, 0.4) is 0 Å². The molecule has 0 spiro atoms. The van der Waals surface area contributed by atoms with Crippen molar-refractivity contribution in [1.29, 1.82) is 0 Å². The highest BCUT2D eigenvalue weighted by Crippen LogP contribution is 2.25. The Labute approximate surface area is 220 Å². The van der Waals surface area contributed by atoms with Crippen LogP contribution in [0.1, 0.15) is 15.9 Å². The minimum atomic E-state index is -0.456. The third-order valence-corrected chi connectivity index (χ3v) is 6.69. The second-order valence-corrected chi connectivity index (χ2v) is 9.46. The van der Waals surface area contributed by atoms with E-state index in [0.717, 1.165) is 18.7 Å². The zero-order chi connectivity index (χ0) is 25.7. The predicted octanol–water partition coefficient (Wildman–Crippen LogP) is 1.34. The summed E-state index contributed by atoms with van der Waals surface area (Å²) in [6, 6.07) is 12.1. The Bertz CT molecular complexity index is 1190. The van der Waals surface area contributed by atoms with Crippen molar-refractivity contribution in [3.05, 3.63) is 86.9 Å². The van der Waals surface area contributed by atoms with E-state index < -0.39 is 5.91 Å². The molecular weight excluding hydrogens is 501 g/mol. The third-order valence-electron chi connectivity index (χ3n) is 6.09. The van der Waals surface area contributed by atoms with Crippen molar-refractivity contribution in [3.8, 4) is 0 Å². The summed E-state index contributed by atoms with van der Waals surface area (Å²) < 4.78 is 0. The van der Waals surface area contributed by atoms with Crippen LogP contribution in [0.4, 0.5) is 5.69 Å². The van der Waals surface area contributed by atoms with E-state index in [2.05, 4.69) is 21.7 Å². The van der Waals surface area contributed by atoms with Gasteiger partial charge in [0, 0.05) is 67.1 Å². The highest BCUT2D eigenvalue weighted by Gasteiger charge is 2.22. The van der Waals surface area contributed by atoms with Gasteiger partial charge in [0.2, 0.25) is 5.82 Å². The van der Waals surface area contributed by atoms with E-state index >= 15 is 0 Å². The maximum atomic E-state index is 12.8. The number of hydrogen-bond donors (Lipinski definition) is 5. The van der Waals surface area contributed by atoms with E-state index in [4.69, 9.17) is 28.9 Å². The summed E-state index contributed by atoms with van der Waals surface area (Å²) in [7, 11) is 0. The lowest BCUT2D eigenvalue weighted by molar-refractivity contribution is -0.316. The average molecular weight is 531 g/mol. The van der Waals surface area contributed by atoms with Crippen molar-refractivity contribution >= 4 is 40.7 Å². The van der Waals surface area contributed by atoms with E-state index in [-0.39, 0.29) is 11.6 Å². The maximum absolute atomic E-state index is 12.8. The van der Waals surface area contributed by atoms with Crippen LogP contribution in [0.5, 0.6) is 0 Å². The molecule has 4 rings (SSSR count). The maximum Gasteiger partial charge on any atom is 0.271 e. The van der Waals surface area contributed by atoms with E-state index in [9.17, 15) is 9.59 Å². The quantitative estimate of drug-likeness (QED) is 0.358. The molecule has 11 heteroatoms. The topological polar surface area (TPSA) is 130 Å². The molecule has 36 heavy (non-hydrogen) atoms. The van der Waals surface area contributed by atoms with Gasteiger partial charge in [-0.1, -0.05) is 23.2 Å². The normalized spacial score (nSPS) is 16.6. The number of quaternary nitrogens is 1. The molecule has 2 aromatic rings. The molecule has 0 saturated carbocycles. The number of rotatable bonds is 6. The van der Waals surface area contributed by atoms with Gasteiger partial charge in [-0.25, -0.2) is 0 Å². The highest BCUT2D eigenvalue weighted by atomic mass is 35.5. The summed E-state index contributed by atoms with van der Waals surface area (Å²) in [5.74, 6) is 0.183. The summed E-state index contributed by atoms with van der Waals surface area (Å²) in [5, 5.41) is 10.4. The molecule has 0 unspecified atom stereocenters. The molecule has 8 N–H and O–H groups in total. The number of halogens is 2. The number of nitrogens with zero attached hydrogens (tertiary/aromatic N) is 2. The van der Waals surface area contributed by atoms with E-state index in [1.165, 1.54) is 0 Å². The number of piperazine rings is 1. The molecule has 1 fully saturated rings. The second kappa shape index (κ2) is 11.7.